The van der Waals surface area contributed by atoms with Gasteiger partial charge in [0.1, 0.15) is 5.60 Å². The maximum atomic E-state index is 12.0. The molecule has 0 radical (unpaired) electrons. The molecule has 0 saturated carbocycles. The van der Waals surface area contributed by atoms with Gasteiger partial charge < -0.3 is 5.11 Å². The number of fused-ring (bicyclic) bond motifs is 2. The van der Waals surface area contributed by atoms with Gasteiger partial charge in [-0.3, -0.25) is 9.19 Å². The molecule has 2 fully saturated rings. The van der Waals surface area contributed by atoms with Gasteiger partial charge in [0.25, 0.3) is 0 Å². The lowest BCUT2D eigenvalue weighted by Gasteiger charge is -2.35. The summed E-state index contributed by atoms with van der Waals surface area (Å²) < 4.78 is 12.0. The SMILES string of the molecule is N#Cc1ccnc(C2(O)CC3CCC(C2)S3=O)c1. The van der Waals surface area contributed by atoms with E-state index in [9.17, 15) is 9.32 Å². The molecule has 94 valence electrons. The molecule has 18 heavy (non-hydrogen) atoms. The molecule has 2 aliphatic heterocycles. The monoisotopic (exact) mass is 262 g/mol. The Labute approximate surface area is 108 Å². The lowest BCUT2D eigenvalue weighted by molar-refractivity contribution is 0.0142. The number of aromatic nitrogens is 1. The smallest absolute Gasteiger partial charge is 0.109 e. The van der Waals surface area contributed by atoms with Gasteiger partial charge in [-0.25, -0.2) is 0 Å². The van der Waals surface area contributed by atoms with Crippen LogP contribution in [0, 0.1) is 11.3 Å². The minimum absolute atomic E-state index is 0.0845. The van der Waals surface area contributed by atoms with E-state index < -0.39 is 16.4 Å². The molecule has 3 heterocycles. The second kappa shape index (κ2) is 4.15. The molecule has 2 unspecified atom stereocenters. The van der Waals surface area contributed by atoms with Crippen molar-refractivity contribution in [2.75, 3.05) is 0 Å². The fraction of sp³-hybridized carbons (Fsp3) is 0.538. The first-order valence-corrected chi connectivity index (χ1v) is 7.38. The summed E-state index contributed by atoms with van der Waals surface area (Å²) in [6, 6.07) is 5.33. The first kappa shape index (κ1) is 11.8. The Morgan fingerprint density at radius 1 is 1.44 bits per heavy atom. The van der Waals surface area contributed by atoms with Crippen LogP contribution >= 0.6 is 0 Å². The normalized spacial score (nSPS) is 38.3. The topological polar surface area (TPSA) is 74.0 Å². The molecular formula is C13H14N2O2S. The summed E-state index contributed by atoms with van der Waals surface area (Å²) in [7, 11) is -0.799. The molecule has 1 N–H and O–H groups in total. The number of nitriles is 1. The number of hydrogen-bond donors (Lipinski definition) is 1. The standard InChI is InChI=1S/C13H14N2O2S/c14-8-9-3-4-15-12(5-9)13(16)6-10-1-2-11(7-13)18(10)17/h3-5,10-11,16H,1-2,6-7H2. The van der Waals surface area contributed by atoms with E-state index in [2.05, 4.69) is 11.1 Å². The minimum Gasteiger partial charge on any atom is -0.383 e. The van der Waals surface area contributed by atoms with E-state index in [4.69, 9.17) is 5.26 Å². The van der Waals surface area contributed by atoms with E-state index in [0.717, 1.165) is 12.8 Å². The molecule has 0 spiro atoms. The van der Waals surface area contributed by atoms with Gasteiger partial charge in [0.15, 0.2) is 0 Å². The molecule has 0 aliphatic carbocycles. The van der Waals surface area contributed by atoms with Crippen LogP contribution in [0.25, 0.3) is 0 Å². The van der Waals surface area contributed by atoms with Crippen LogP contribution in [0.15, 0.2) is 18.3 Å². The summed E-state index contributed by atoms with van der Waals surface area (Å²) in [5.41, 5.74) is 0.0506. The minimum atomic E-state index is -1.01. The Morgan fingerprint density at radius 3 is 2.72 bits per heavy atom. The van der Waals surface area contributed by atoms with Crippen LogP contribution in [0.1, 0.15) is 36.9 Å². The number of nitrogens with zero attached hydrogens (tertiary/aromatic N) is 2. The second-order valence-electron chi connectivity index (χ2n) is 5.13. The van der Waals surface area contributed by atoms with Crippen LogP contribution < -0.4 is 0 Å². The van der Waals surface area contributed by atoms with Gasteiger partial charge >= 0.3 is 0 Å². The molecule has 4 nitrogen and oxygen atoms in total. The third-order valence-corrected chi connectivity index (χ3v) is 6.08. The maximum absolute atomic E-state index is 12.0. The summed E-state index contributed by atoms with van der Waals surface area (Å²) in [5.74, 6) is 0. The van der Waals surface area contributed by atoms with Crippen molar-refractivity contribution < 1.29 is 9.32 Å². The predicted octanol–water partition coefficient (Wildman–Crippen LogP) is 1.21. The average molecular weight is 262 g/mol. The van der Waals surface area contributed by atoms with Crippen molar-refractivity contribution >= 4 is 10.8 Å². The van der Waals surface area contributed by atoms with Crippen molar-refractivity contribution in [3.8, 4) is 6.07 Å². The van der Waals surface area contributed by atoms with E-state index in [1.54, 1.807) is 18.3 Å². The van der Waals surface area contributed by atoms with Crippen molar-refractivity contribution in [1.29, 1.82) is 5.26 Å². The fourth-order valence-corrected chi connectivity index (χ4v) is 5.21. The van der Waals surface area contributed by atoms with Gasteiger partial charge in [-0.05, 0) is 37.8 Å². The molecule has 2 bridgehead atoms. The van der Waals surface area contributed by atoms with Gasteiger partial charge in [0, 0.05) is 27.5 Å². The lowest BCUT2D eigenvalue weighted by Crippen LogP contribution is -2.40. The third kappa shape index (κ3) is 1.76. The summed E-state index contributed by atoms with van der Waals surface area (Å²) in [6.45, 7) is 0. The maximum Gasteiger partial charge on any atom is 0.109 e. The molecule has 5 heteroatoms. The molecule has 2 atom stereocenters. The van der Waals surface area contributed by atoms with Gasteiger partial charge in [0.2, 0.25) is 0 Å². The fourth-order valence-electron chi connectivity index (χ4n) is 3.04. The lowest BCUT2D eigenvalue weighted by atomic mass is 9.89. The Morgan fingerprint density at radius 2 is 2.11 bits per heavy atom. The highest BCUT2D eigenvalue weighted by Gasteiger charge is 2.49. The van der Waals surface area contributed by atoms with E-state index in [-0.39, 0.29) is 10.5 Å². The zero-order chi connectivity index (χ0) is 12.8. The number of rotatable bonds is 1. The molecule has 0 amide bonds. The van der Waals surface area contributed by atoms with Crippen molar-refractivity contribution in [2.24, 2.45) is 0 Å². The molecule has 2 saturated heterocycles. The third-order valence-electron chi connectivity index (χ3n) is 3.96. The van der Waals surface area contributed by atoms with Crippen LogP contribution in [0.2, 0.25) is 0 Å². The van der Waals surface area contributed by atoms with E-state index in [1.165, 1.54) is 0 Å². The van der Waals surface area contributed by atoms with Crippen LogP contribution in [0.5, 0.6) is 0 Å². The number of aliphatic hydroxyl groups is 1. The zero-order valence-corrected chi connectivity index (χ0v) is 10.7. The van der Waals surface area contributed by atoms with Crippen LogP contribution in [0.4, 0.5) is 0 Å². The van der Waals surface area contributed by atoms with E-state index in [1.807, 2.05) is 0 Å². The quantitative estimate of drug-likeness (QED) is 0.825. The van der Waals surface area contributed by atoms with Crippen molar-refractivity contribution in [3.05, 3.63) is 29.6 Å². The van der Waals surface area contributed by atoms with Crippen molar-refractivity contribution in [1.82, 2.24) is 4.98 Å². The summed E-state index contributed by atoms with van der Waals surface area (Å²) in [6.07, 6.45) is 4.41. The molecule has 2 aliphatic rings. The molecule has 0 aromatic carbocycles. The Hall–Kier alpha value is -1.25. The molecule has 1 aromatic heterocycles. The van der Waals surface area contributed by atoms with Gasteiger partial charge in [0.05, 0.1) is 17.3 Å². The molecule has 3 rings (SSSR count). The van der Waals surface area contributed by atoms with Crippen LogP contribution in [-0.2, 0) is 16.4 Å². The van der Waals surface area contributed by atoms with Gasteiger partial charge in [-0.1, -0.05) is 0 Å². The number of hydrogen-bond acceptors (Lipinski definition) is 4. The second-order valence-corrected chi connectivity index (χ2v) is 7.12. The van der Waals surface area contributed by atoms with Gasteiger partial charge in [-0.2, -0.15) is 5.26 Å². The number of pyridine rings is 1. The van der Waals surface area contributed by atoms with Crippen LogP contribution in [-0.4, -0.2) is 24.8 Å². The Kier molecular flexibility index (Phi) is 2.72. The first-order chi connectivity index (χ1) is 8.62. The highest BCUT2D eigenvalue weighted by molar-refractivity contribution is 7.86. The largest absolute Gasteiger partial charge is 0.383 e. The van der Waals surface area contributed by atoms with Crippen molar-refractivity contribution in [3.63, 3.8) is 0 Å². The molecular weight excluding hydrogens is 248 g/mol. The highest BCUT2D eigenvalue weighted by Crippen LogP contribution is 2.45. The average Bonchev–Trinajstić information content (AvgIpc) is 2.63. The first-order valence-electron chi connectivity index (χ1n) is 6.11. The molecule has 1 aromatic rings. The van der Waals surface area contributed by atoms with Crippen molar-refractivity contribution in [2.45, 2.75) is 41.8 Å². The van der Waals surface area contributed by atoms with Gasteiger partial charge in [-0.15, -0.1) is 0 Å². The van der Waals surface area contributed by atoms with Crippen LogP contribution in [0.3, 0.4) is 0 Å². The zero-order valence-electron chi connectivity index (χ0n) is 9.87. The summed E-state index contributed by atoms with van der Waals surface area (Å²) >= 11 is 0. The summed E-state index contributed by atoms with van der Waals surface area (Å²) in [4.78, 5) is 4.20. The van der Waals surface area contributed by atoms with E-state index >= 15 is 0 Å². The summed E-state index contributed by atoms with van der Waals surface area (Å²) in [5, 5.41) is 19.8. The Bertz CT molecular complexity index is 536. The van der Waals surface area contributed by atoms with E-state index in [0.29, 0.717) is 24.1 Å². The Balaban J connectivity index is 1.96. The highest BCUT2D eigenvalue weighted by atomic mass is 32.2. The predicted molar refractivity (Wildman–Crippen MR) is 67.0 cm³/mol.